The van der Waals surface area contributed by atoms with Crippen molar-refractivity contribution in [1.82, 2.24) is 14.8 Å². The molecule has 1 aliphatic rings. The Morgan fingerprint density at radius 1 is 1.05 bits per heavy atom. The molecule has 7 heteroatoms. The van der Waals surface area contributed by atoms with E-state index in [1.807, 2.05) is 72.0 Å². The van der Waals surface area contributed by atoms with Gasteiger partial charge in [0, 0.05) is 67.3 Å². The third kappa shape index (κ3) is 10.9. The summed E-state index contributed by atoms with van der Waals surface area (Å²) >= 11 is 0. The van der Waals surface area contributed by atoms with Crippen molar-refractivity contribution in [2.24, 2.45) is 4.99 Å². The molecule has 0 spiro atoms. The number of nitrogens with zero attached hydrogens (tertiary/aromatic N) is 4. The molecule has 1 amide bonds. The van der Waals surface area contributed by atoms with Gasteiger partial charge in [0.15, 0.2) is 0 Å². The first kappa shape index (κ1) is 34.5. The van der Waals surface area contributed by atoms with Crippen LogP contribution in [0.3, 0.4) is 0 Å². The summed E-state index contributed by atoms with van der Waals surface area (Å²) in [5.74, 6) is -0.262. The molecule has 228 valence electrons. The Kier molecular flexibility index (Phi) is 14.2. The molecule has 0 atom stereocenters. The molecule has 42 heavy (non-hydrogen) atoms. The predicted octanol–water partition coefficient (Wildman–Crippen LogP) is 8.47. The maximum atomic E-state index is 14.7. The summed E-state index contributed by atoms with van der Waals surface area (Å²) < 4.78 is 20.3. The highest BCUT2D eigenvalue weighted by Crippen LogP contribution is 2.31. The van der Waals surface area contributed by atoms with E-state index in [4.69, 9.17) is 4.74 Å². The van der Waals surface area contributed by atoms with Gasteiger partial charge in [-0.15, -0.1) is 0 Å². The number of carbonyl (C=O) groups excluding carboxylic acids is 1. The molecule has 6 nitrogen and oxygen atoms in total. The minimum absolute atomic E-state index is 0.262. The van der Waals surface area contributed by atoms with Crippen LogP contribution in [-0.4, -0.2) is 58.4 Å². The normalized spacial score (nSPS) is 15.3. The van der Waals surface area contributed by atoms with Gasteiger partial charge in [-0.25, -0.2) is 9.18 Å². The molecular weight excluding hydrogens is 527 g/mol. The number of carbonyl (C=O) groups is 1. The zero-order valence-corrected chi connectivity index (χ0v) is 26.8. The van der Waals surface area contributed by atoms with Crippen LogP contribution in [0.15, 0.2) is 83.4 Å². The summed E-state index contributed by atoms with van der Waals surface area (Å²) in [6, 6.07) is 10.9. The Morgan fingerprint density at radius 3 is 2.26 bits per heavy atom. The van der Waals surface area contributed by atoms with E-state index < -0.39 is 5.60 Å². The average molecular weight is 577 g/mol. The van der Waals surface area contributed by atoms with E-state index >= 15 is 0 Å². The van der Waals surface area contributed by atoms with Crippen molar-refractivity contribution >= 4 is 17.4 Å². The smallest absolute Gasteiger partial charge is 0.410 e. The van der Waals surface area contributed by atoms with Crippen molar-refractivity contribution in [3.8, 4) is 0 Å². The summed E-state index contributed by atoms with van der Waals surface area (Å²) in [6.45, 7) is 18.2. The van der Waals surface area contributed by atoms with Gasteiger partial charge in [-0.05, 0) is 77.7 Å². The second kappa shape index (κ2) is 17.3. The van der Waals surface area contributed by atoms with Gasteiger partial charge in [-0.2, -0.15) is 0 Å². The lowest BCUT2D eigenvalue weighted by Gasteiger charge is -2.38. The standard InChI is InChI=1S/C27H38FN3O2.C8H11N/c1-8-10-15-29-20(3)25(22(9-2)23-13-11-12-14-24(23)28)21(4)30-16-18-31(19-17-30)26(32)33-27(5,6)7;1-2-4-8-5-3-6-9-7-8/h9-15H,8,16-19H2,1-7H3;3,5-7H,2,4H2,1H3/b15-10+,22-9-,25-21-,29-20+;. The van der Waals surface area contributed by atoms with Crippen LogP contribution in [0.4, 0.5) is 9.18 Å². The quantitative estimate of drug-likeness (QED) is 0.234. The Balaban J connectivity index is 0.000000581. The number of hydrogen-bond donors (Lipinski definition) is 0. The Labute approximate surface area is 252 Å². The number of aryl methyl sites for hydroxylation is 1. The number of halogens is 1. The van der Waals surface area contributed by atoms with Crippen LogP contribution in [0.25, 0.3) is 5.57 Å². The van der Waals surface area contributed by atoms with Crippen LogP contribution in [0.1, 0.15) is 79.4 Å². The van der Waals surface area contributed by atoms with Gasteiger partial charge < -0.3 is 14.5 Å². The third-order valence-corrected chi connectivity index (χ3v) is 6.72. The van der Waals surface area contributed by atoms with Gasteiger partial charge in [0.25, 0.3) is 0 Å². The lowest BCUT2D eigenvalue weighted by atomic mass is 9.92. The lowest BCUT2D eigenvalue weighted by Crippen LogP contribution is -2.49. The van der Waals surface area contributed by atoms with Crippen LogP contribution in [0.5, 0.6) is 0 Å². The van der Waals surface area contributed by atoms with E-state index in [0.29, 0.717) is 31.7 Å². The molecule has 1 aromatic carbocycles. The number of benzene rings is 1. The van der Waals surface area contributed by atoms with E-state index in [0.717, 1.165) is 35.4 Å². The molecule has 0 N–H and O–H groups in total. The van der Waals surface area contributed by atoms with E-state index in [1.54, 1.807) is 29.4 Å². The van der Waals surface area contributed by atoms with Gasteiger partial charge in [0.2, 0.25) is 0 Å². The highest BCUT2D eigenvalue weighted by Gasteiger charge is 2.27. The molecule has 0 unspecified atom stereocenters. The first-order valence-corrected chi connectivity index (χ1v) is 15.0. The minimum atomic E-state index is -0.516. The van der Waals surface area contributed by atoms with Crippen molar-refractivity contribution in [2.45, 2.75) is 80.3 Å². The van der Waals surface area contributed by atoms with Crippen LogP contribution in [0.2, 0.25) is 0 Å². The van der Waals surface area contributed by atoms with Gasteiger partial charge in [-0.1, -0.05) is 56.7 Å². The van der Waals surface area contributed by atoms with Crippen molar-refractivity contribution < 1.29 is 13.9 Å². The van der Waals surface area contributed by atoms with E-state index in [9.17, 15) is 9.18 Å². The molecule has 1 saturated heterocycles. The Hall–Kier alpha value is -3.74. The number of amides is 1. The average Bonchev–Trinajstić information content (AvgIpc) is 2.96. The fourth-order valence-electron chi connectivity index (χ4n) is 4.64. The van der Waals surface area contributed by atoms with Crippen molar-refractivity contribution in [3.63, 3.8) is 0 Å². The van der Waals surface area contributed by atoms with E-state index in [-0.39, 0.29) is 11.9 Å². The topological polar surface area (TPSA) is 58.0 Å². The molecule has 0 bridgehead atoms. The first-order chi connectivity index (χ1) is 20.0. The minimum Gasteiger partial charge on any atom is -0.444 e. The summed E-state index contributed by atoms with van der Waals surface area (Å²) in [7, 11) is 0. The van der Waals surface area contributed by atoms with Gasteiger partial charge in [0.1, 0.15) is 11.4 Å². The first-order valence-electron chi connectivity index (χ1n) is 15.0. The molecule has 1 aromatic heterocycles. The maximum absolute atomic E-state index is 14.7. The van der Waals surface area contributed by atoms with Gasteiger partial charge >= 0.3 is 6.09 Å². The lowest BCUT2D eigenvalue weighted by molar-refractivity contribution is 0.0168. The molecule has 0 radical (unpaired) electrons. The summed E-state index contributed by atoms with van der Waals surface area (Å²) in [4.78, 5) is 25.1. The fraction of sp³-hybridized carbons (Fsp3) is 0.457. The van der Waals surface area contributed by atoms with E-state index in [2.05, 4.69) is 34.8 Å². The molecular formula is C35H49FN4O2. The third-order valence-electron chi connectivity index (χ3n) is 6.72. The molecule has 3 rings (SSSR count). The number of pyridine rings is 1. The SMILES string of the molecule is CCCc1cccnc1.C\C=C(C(/C(C)=N/C=C/CC)=C(/C)N1CCN(C(=O)OC(C)(C)C)CC1)\c1ccccc1F. The summed E-state index contributed by atoms with van der Waals surface area (Å²) in [5.41, 5.74) is 4.93. The van der Waals surface area contributed by atoms with Crippen LogP contribution < -0.4 is 0 Å². The monoisotopic (exact) mass is 576 g/mol. The zero-order chi connectivity index (χ0) is 31.1. The van der Waals surface area contributed by atoms with Gasteiger partial charge in [0.05, 0.1) is 0 Å². The van der Waals surface area contributed by atoms with Gasteiger partial charge in [-0.3, -0.25) is 9.98 Å². The molecule has 1 fully saturated rings. The molecule has 1 aliphatic heterocycles. The summed E-state index contributed by atoms with van der Waals surface area (Å²) in [5, 5.41) is 0. The van der Waals surface area contributed by atoms with Crippen LogP contribution in [0, 0.1) is 5.82 Å². The fourth-order valence-corrected chi connectivity index (χ4v) is 4.64. The maximum Gasteiger partial charge on any atom is 0.410 e. The Morgan fingerprint density at radius 2 is 1.71 bits per heavy atom. The number of rotatable bonds is 8. The second-order valence-corrected chi connectivity index (χ2v) is 11.2. The second-order valence-electron chi connectivity index (χ2n) is 11.2. The number of aromatic nitrogens is 1. The van der Waals surface area contributed by atoms with Crippen molar-refractivity contribution in [2.75, 3.05) is 26.2 Å². The summed E-state index contributed by atoms with van der Waals surface area (Å²) in [6.07, 6.45) is 12.4. The number of piperazine rings is 1. The number of ether oxygens (including phenoxy) is 1. The highest BCUT2D eigenvalue weighted by molar-refractivity contribution is 6.12. The van der Waals surface area contributed by atoms with E-state index in [1.165, 1.54) is 18.1 Å². The number of aliphatic imine (C=N–C) groups is 1. The highest BCUT2D eigenvalue weighted by atomic mass is 19.1. The predicted molar refractivity (Wildman–Crippen MR) is 173 cm³/mol. The zero-order valence-electron chi connectivity index (χ0n) is 26.8. The molecule has 2 heterocycles. The molecule has 2 aromatic rings. The molecule has 0 saturated carbocycles. The molecule has 0 aliphatic carbocycles. The van der Waals surface area contributed by atoms with Crippen LogP contribution >= 0.6 is 0 Å². The largest absolute Gasteiger partial charge is 0.444 e. The Bertz CT molecular complexity index is 1250. The number of allylic oxidation sites excluding steroid dienone is 5. The van der Waals surface area contributed by atoms with Crippen LogP contribution in [-0.2, 0) is 11.2 Å². The number of hydrogen-bond acceptors (Lipinski definition) is 5. The van der Waals surface area contributed by atoms with Crippen molar-refractivity contribution in [3.05, 3.63) is 95.4 Å². The van der Waals surface area contributed by atoms with Crippen molar-refractivity contribution in [1.29, 1.82) is 0 Å².